The van der Waals surface area contributed by atoms with E-state index in [9.17, 15) is 9.59 Å². The van der Waals surface area contributed by atoms with Crippen molar-refractivity contribution in [3.8, 4) is 5.75 Å². The summed E-state index contributed by atoms with van der Waals surface area (Å²) in [6, 6.07) is 7.58. The first kappa shape index (κ1) is 13.1. The van der Waals surface area contributed by atoms with Gasteiger partial charge in [-0.1, -0.05) is 31.5 Å². The third-order valence-corrected chi connectivity index (χ3v) is 4.53. The second-order valence-electron chi connectivity index (χ2n) is 5.68. The van der Waals surface area contributed by atoms with Gasteiger partial charge in [-0.05, 0) is 37.0 Å². The Bertz CT molecular complexity index is 614. The molecule has 0 unspecified atom stereocenters. The number of benzene rings is 1. The van der Waals surface area contributed by atoms with Crippen LogP contribution in [-0.4, -0.2) is 11.8 Å². The van der Waals surface area contributed by atoms with Crippen LogP contribution in [-0.2, 0) is 15.0 Å². The number of esters is 1. The maximum absolute atomic E-state index is 12.6. The zero-order valence-corrected chi connectivity index (χ0v) is 11.8. The van der Waals surface area contributed by atoms with Crippen LogP contribution in [0.5, 0.6) is 5.75 Å². The fourth-order valence-corrected chi connectivity index (χ4v) is 3.73. The summed E-state index contributed by atoms with van der Waals surface area (Å²) < 4.78 is 5.49. The molecule has 2 aliphatic rings. The van der Waals surface area contributed by atoms with Crippen molar-refractivity contribution in [3.05, 3.63) is 41.5 Å². The highest BCUT2D eigenvalue weighted by Crippen LogP contribution is 2.53. The van der Waals surface area contributed by atoms with E-state index in [2.05, 4.69) is 6.92 Å². The van der Waals surface area contributed by atoms with Gasteiger partial charge < -0.3 is 4.74 Å². The van der Waals surface area contributed by atoms with E-state index in [1.54, 1.807) is 6.08 Å². The van der Waals surface area contributed by atoms with Crippen molar-refractivity contribution in [2.24, 2.45) is 5.92 Å². The number of hydrogen-bond acceptors (Lipinski definition) is 3. The standard InChI is InChI=1S/C17H18O3/c1-3-6-12-10-13(18)9-11(2)17(12)14-7-4-5-8-15(14)20-16(17)19/h4-5,7-9,12H,3,6,10H2,1-2H3/t12-,17+/m0/s1. The van der Waals surface area contributed by atoms with Crippen molar-refractivity contribution in [1.82, 2.24) is 0 Å². The maximum Gasteiger partial charge on any atom is 0.326 e. The van der Waals surface area contributed by atoms with Crippen LogP contribution in [0.15, 0.2) is 35.9 Å². The number of rotatable bonds is 2. The zero-order valence-electron chi connectivity index (χ0n) is 11.8. The second kappa shape index (κ2) is 4.58. The van der Waals surface area contributed by atoms with Crippen LogP contribution in [0.1, 0.15) is 38.7 Å². The molecule has 3 heteroatoms. The Hall–Kier alpha value is -1.90. The van der Waals surface area contributed by atoms with Gasteiger partial charge in [0.05, 0.1) is 0 Å². The van der Waals surface area contributed by atoms with Crippen molar-refractivity contribution >= 4 is 11.8 Å². The molecule has 104 valence electrons. The molecule has 1 heterocycles. The summed E-state index contributed by atoms with van der Waals surface area (Å²) in [6.45, 7) is 3.96. The minimum absolute atomic E-state index is 0.00106. The molecule has 3 nitrogen and oxygen atoms in total. The fourth-order valence-electron chi connectivity index (χ4n) is 3.73. The topological polar surface area (TPSA) is 43.4 Å². The number of carbonyl (C=O) groups excluding carboxylic acids is 2. The second-order valence-corrected chi connectivity index (χ2v) is 5.68. The van der Waals surface area contributed by atoms with Gasteiger partial charge in [0.1, 0.15) is 11.2 Å². The third kappa shape index (κ3) is 1.59. The lowest BCUT2D eigenvalue weighted by atomic mass is 9.61. The molecule has 20 heavy (non-hydrogen) atoms. The summed E-state index contributed by atoms with van der Waals surface area (Å²) in [4.78, 5) is 24.5. The molecule has 0 fully saturated rings. The number of para-hydroxylation sites is 1. The molecule has 1 aromatic carbocycles. The Morgan fingerprint density at radius 1 is 1.30 bits per heavy atom. The summed E-state index contributed by atoms with van der Waals surface area (Å²) in [7, 11) is 0. The molecule has 2 atom stereocenters. The summed E-state index contributed by atoms with van der Waals surface area (Å²) in [6.07, 6.45) is 3.84. The van der Waals surface area contributed by atoms with Crippen molar-refractivity contribution in [3.63, 3.8) is 0 Å². The molecule has 1 aromatic rings. The van der Waals surface area contributed by atoms with Gasteiger partial charge in [-0.3, -0.25) is 9.59 Å². The molecular formula is C17H18O3. The van der Waals surface area contributed by atoms with Crippen molar-refractivity contribution in [1.29, 1.82) is 0 Å². The lowest BCUT2D eigenvalue weighted by molar-refractivity contribution is -0.139. The average molecular weight is 270 g/mol. The SMILES string of the molecule is CCC[C@H]1CC(=O)C=C(C)[C@@]12C(=O)Oc1ccccc12. The van der Waals surface area contributed by atoms with Crippen LogP contribution >= 0.6 is 0 Å². The number of ketones is 1. The van der Waals surface area contributed by atoms with E-state index in [1.807, 2.05) is 31.2 Å². The minimum Gasteiger partial charge on any atom is -0.425 e. The van der Waals surface area contributed by atoms with Crippen LogP contribution in [0.4, 0.5) is 0 Å². The van der Waals surface area contributed by atoms with Crippen molar-refractivity contribution in [2.45, 2.75) is 38.5 Å². The predicted molar refractivity (Wildman–Crippen MR) is 75.5 cm³/mol. The van der Waals surface area contributed by atoms with Crippen molar-refractivity contribution < 1.29 is 14.3 Å². The first-order valence-corrected chi connectivity index (χ1v) is 7.14. The van der Waals surface area contributed by atoms with E-state index in [0.717, 1.165) is 24.0 Å². The fraction of sp³-hybridized carbons (Fsp3) is 0.412. The van der Waals surface area contributed by atoms with Gasteiger partial charge in [0, 0.05) is 12.0 Å². The molecule has 0 amide bonds. The molecule has 0 bridgehead atoms. The van der Waals surface area contributed by atoms with E-state index in [4.69, 9.17) is 4.74 Å². The molecular weight excluding hydrogens is 252 g/mol. The van der Waals surface area contributed by atoms with E-state index >= 15 is 0 Å². The number of hydrogen-bond donors (Lipinski definition) is 0. The summed E-state index contributed by atoms with van der Waals surface area (Å²) in [5.41, 5.74) is 0.993. The van der Waals surface area contributed by atoms with Gasteiger partial charge in [0.2, 0.25) is 0 Å². The largest absolute Gasteiger partial charge is 0.425 e. The lowest BCUT2D eigenvalue weighted by Gasteiger charge is -2.38. The highest BCUT2D eigenvalue weighted by molar-refractivity contribution is 6.01. The first-order valence-electron chi connectivity index (χ1n) is 7.14. The molecule has 0 N–H and O–H groups in total. The zero-order chi connectivity index (χ0) is 14.3. The summed E-state index contributed by atoms with van der Waals surface area (Å²) >= 11 is 0. The molecule has 0 radical (unpaired) electrons. The summed E-state index contributed by atoms with van der Waals surface area (Å²) in [5, 5.41) is 0. The normalized spacial score (nSPS) is 28.3. The van der Waals surface area contributed by atoms with Gasteiger partial charge in [0.25, 0.3) is 0 Å². The van der Waals surface area contributed by atoms with Gasteiger partial charge in [-0.25, -0.2) is 0 Å². The first-order chi connectivity index (χ1) is 9.60. The number of carbonyl (C=O) groups is 2. The van der Waals surface area contributed by atoms with E-state index < -0.39 is 5.41 Å². The van der Waals surface area contributed by atoms with Crippen LogP contribution in [0.2, 0.25) is 0 Å². The molecule has 0 saturated carbocycles. The van der Waals surface area contributed by atoms with Gasteiger partial charge in [0.15, 0.2) is 5.78 Å². The summed E-state index contributed by atoms with van der Waals surface area (Å²) in [5.74, 6) is 0.531. The highest BCUT2D eigenvalue weighted by Gasteiger charge is 2.56. The smallest absolute Gasteiger partial charge is 0.326 e. The molecule has 1 aliphatic heterocycles. The molecule has 0 aromatic heterocycles. The van der Waals surface area contributed by atoms with Crippen LogP contribution in [0, 0.1) is 5.92 Å². The van der Waals surface area contributed by atoms with E-state index in [-0.39, 0.29) is 17.7 Å². The Morgan fingerprint density at radius 2 is 2.05 bits per heavy atom. The van der Waals surface area contributed by atoms with Crippen LogP contribution in [0.25, 0.3) is 0 Å². The number of ether oxygens (including phenoxy) is 1. The Kier molecular flexibility index (Phi) is 3.00. The average Bonchev–Trinajstić information content (AvgIpc) is 2.69. The Labute approximate surface area is 118 Å². The van der Waals surface area contributed by atoms with Crippen molar-refractivity contribution in [2.75, 3.05) is 0 Å². The molecule has 1 aliphatic carbocycles. The Balaban J connectivity index is 2.24. The number of allylic oxidation sites excluding steroid dienone is 1. The van der Waals surface area contributed by atoms with Gasteiger partial charge in [-0.15, -0.1) is 0 Å². The van der Waals surface area contributed by atoms with Gasteiger partial charge >= 0.3 is 5.97 Å². The molecule has 3 rings (SSSR count). The van der Waals surface area contributed by atoms with E-state index in [0.29, 0.717) is 12.2 Å². The highest BCUT2D eigenvalue weighted by atomic mass is 16.5. The third-order valence-electron chi connectivity index (χ3n) is 4.53. The number of fused-ring (bicyclic) bond motifs is 2. The van der Waals surface area contributed by atoms with Crippen LogP contribution in [0.3, 0.4) is 0 Å². The Morgan fingerprint density at radius 3 is 2.80 bits per heavy atom. The maximum atomic E-state index is 12.6. The lowest BCUT2D eigenvalue weighted by Crippen LogP contribution is -2.45. The molecule has 0 saturated heterocycles. The quantitative estimate of drug-likeness (QED) is 0.612. The van der Waals surface area contributed by atoms with Gasteiger partial charge in [-0.2, -0.15) is 0 Å². The predicted octanol–water partition coefficient (Wildman–Crippen LogP) is 3.18. The van der Waals surface area contributed by atoms with Crippen LogP contribution < -0.4 is 4.74 Å². The monoisotopic (exact) mass is 270 g/mol. The minimum atomic E-state index is -0.749. The molecule has 1 spiro atoms. The van der Waals surface area contributed by atoms with E-state index in [1.165, 1.54) is 0 Å².